The van der Waals surface area contributed by atoms with Gasteiger partial charge in [-0.1, -0.05) is 35.3 Å². The van der Waals surface area contributed by atoms with E-state index < -0.39 is 0 Å². The molecule has 13 heavy (non-hydrogen) atoms. The fourth-order valence-electron chi connectivity index (χ4n) is 1.42. The summed E-state index contributed by atoms with van der Waals surface area (Å²) in [5, 5.41) is 2.36. The summed E-state index contributed by atoms with van der Waals surface area (Å²) in [7, 11) is 0. The maximum atomic E-state index is 4.29. The van der Waals surface area contributed by atoms with Gasteiger partial charge in [0.25, 0.3) is 0 Å². The molecule has 0 saturated heterocycles. The molecule has 60 valence electrons. The Morgan fingerprint density at radius 3 is 2.69 bits per heavy atom. The summed E-state index contributed by atoms with van der Waals surface area (Å²) < 4.78 is 0. The third kappa shape index (κ3) is 1.88. The van der Waals surface area contributed by atoms with Crippen molar-refractivity contribution in [3.05, 3.63) is 48.6 Å². The van der Waals surface area contributed by atoms with Gasteiger partial charge in [0.15, 0.2) is 0 Å². The molecule has 1 nitrogen and oxygen atoms in total. The summed E-state index contributed by atoms with van der Waals surface area (Å²) in [6, 6.07) is 10.2. The zero-order valence-electron chi connectivity index (χ0n) is 8.04. The fraction of sp³-hybridized carbons (Fsp3) is 0.0909. The van der Waals surface area contributed by atoms with Crippen LogP contribution in [0, 0.1) is 13.8 Å². The molecule has 0 N–H and O–H groups in total. The van der Waals surface area contributed by atoms with Crippen LogP contribution in [-0.4, -0.2) is 4.98 Å². The van der Waals surface area contributed by atoms with Gasteiger partial charge in [0.2, 0.25) is 0 Å². The molecule has 0 aliphatic carbocycles. The van der Waals surface area contributed by atoms with Gasteiger partial charge >= 0.3 is 18.9 Å². The van der Waals surface area contributed by atoms with E-state index in [9.17, 15) is 0 Å². The van der Waals surface area contributed by atoms with E-state index in [1.54, 1.807) is 0 Å². The van der Waals surface area contributed by atoms with Crippen LogP contribution in [0.1, 0.15) is 11.4 Å². The number of aryl methyl sites for hydroxylation is 1. The molecule has 0 amide bonds. The van der Waals surface area contributed by atoms with Crippen LogP contribution >= 0.6 is 0 Å². The van der Waals surface area contributed by atoms with Gasteiger partial charge in [-0.2, -0.15) is 0 Å². The van der Waals surface area contributed by atoms with Gasteiger partial charge in [-0.05, 0) is 6.92 Å². The molecule has 0 saturated carbocycles. The summed E-state index contributed by atoms with van der Waals surface area (Å²) in [4.78, 5) is 4.29. The van der Waals surface area contributed by atoms with E-state index >= 15 is 0 Å². The van der Waals surface area contributed by atoms with Crippen molar-refractivity contribution in [2.45, 2.75) is 6.92 Å². The second-order valence-corrected chi connectivity index (χ2v) is 2.93. The minimum Gasteiger partial charge on any atom is -0.292 e. The van der Waals surface area contributed by atoms with Crippen LogP contribution < -0.4 is 18.9 Å². The number of hydrogen-bond donors (Lipinski definition) is 0. The maximum Gasteiger partial charge on any atom is 1.00 e. The van der Waals surface area contributed by atoms with E-state index in [0.29, 0.717) is 0 Å². The average molecular weight is 163 g/mol. The second-order valence-electron chi connectivity index (χ2n) is 2.93. The molecule has 2 aromatic rings. The van der Waals surface area contributed by atoms with E-state index in [4.69, 9.17) is 0 Å². The molecule has 0 radical (unpaired) electrons. The van der Waals surface area contributed by atoms with Crippen molar-refractivity contribution in [3.8, 4) is 0 Å². The van der Waals surface area contributed by atoms with Gasteiger partial charge in [0.05, 0.1) is 0 Å². The summed E-state index contributed by atoms with van der Waals surface area (Å²) in [5.74, 6) is 0. The van der Waals surface area contributed by atoms with Crippen molar-refractivity contribution >= 4 is 10.8 Å². The van der Waals surface area contributed by atoms with Gasteiger partial charge in [0, 0.05) is 5.69 Å². The van der Waals surface area contributed by atoms with E-state index in [1.165, 1.54) is 5.39 Å². The molecule has 0 bridgehead atoms. The second kappa shape index (κ2) is 3.87. The first kappa shape index (κ1) is 10.2. The molecule has 0 aliphatic heterocycles. The molecule has 2 rings (SSSR count). The van der Waals surface area contributed by atoms with E-state index in [-0.39, 0.29) is 18.9 Å². The van der Waals surface area contributed by atoms with E-state index in [2.05, 4.69) is 24.0 Å². The Kier molecular flexibility index (Phi) is 3.03. The number of nitrogens with zero attached hydrogens (tertiary/aromatic N) is 1. The van der Waals surface area contributed by atoms with E-state index in [0.717, 1.165) is 16.8 Å². The van der Waals surface area contributed by atoms with Crippen molar-refractivity contribution in [1.82, 2.24) is 4.98 Å². The Hall–Kier alpha value is -0.903. The normalized spacial score (nSPS) is 9.62. The molecule has 0 aliphatic rings. The van der Waals surface area contributed by atoms with Gasteiger partial charge < -0.3 is 0 Å². The first-order valence-corrected chi connectivity index (χ1v) is 3.96. The van der Waals surface area contributed by atoms with Gasteiger partial charge in [-0.15, -0.1) is 11.5 Å². The van der Waals surface area contributed by atoms with Gasteiger partial charge in [-0.25, -0.2) is 6.92 Å². The number of benzene rings is 1. The molecule has 0 unspecified atom stereocenters. The number of hydrogen-bond acceptors (Lipinski definition) is 1. The summed E-state index contributed by atoms with van der Waals surface area (Å²) in [6.07, 6.45) is 0. The molecule has 2 heteroatoms. The van der Waals surface area contributed by atoms with Crippen LogP contribution in [0.25, 0.3) is 10.8 Å². The Morgan fingerprint density at radius 1 is 1.23 bits per heavy atom. The first-order chi connectivity index (χ1) is 5.77. The summed E-state index contributed by atoms with van der Waals surface area (Å²) in [6.45, 7) is 5.89. The van der Waals surface area contributed by atoms with Gasteiger partial charge in [-0.3, -0.25) is 4.98 Å². The largest absolute Gasteiger partial charge is 1.00 e. The molecule has 1 heterocycles. The first-order valence-electron chi connectivity index (χ1n) is 3.96. The predicted octanol–water partition coefficient (Wildman–Crippen LogP) is -0.271. The Bertz CT molecular complexity index is 423. The van der Waals surface area contributed by atoms with Crippen LogP contribution in [0.5, 0.6) is 0 Å². The van der Waals surface area contributed by atoms with E-state index in [1.807, 2.05) is 25.1 Å². The topological polar surface area (TPSA) is 12.9 Å². The minimum absolute atomic E-state index is 0. The maximum absolute atomic E-state index is 4.29. The van der Waals surface area contributed by atoms with Crippen LogP contribution in [-0.2, 0) is 0 Å². The molecular formula is C11H10LiN. The quantitative estimate of drug-likeness (QED) is 0.385. The number of pyridine rings is 1. The number of rotatable bonds is 0. The summed E-state index contributed by atoms with van der Waals surface area (Å²) >= 11 is 0. The Morgan fingerprint density at radius 2 is 1.92 bits per heavy atom. The predicted molar refractivity (Wildman–Crippen MR) is 50.9 cm³/mol. The molecule has 0 spiro atoms. The third-order valence-corrected chi connectivity index (χ3v) is 1.95. The Balaban J connectivity index is 0.000000845. The van der Waals surface area contributed by atoms with Crippen LogP contribution in [0.2, 0.25) is 0 Å². The zero-order valence-corrected chi connectivity index (χ0v) is 8.04. The average Bonchev–Trinajstić information content (AvgIpc) is 2.04. The monoisotopic (exact) mass is 163 g/mol. The zero-order chi connectivity index (χ0) is 8.55. The van der Waals surface area contributed by atoms with Crippen LogP contribution in [0.4, 0.5) is 0 Å². The standard InChI is InChI=1S/C11H10N.Li/c1-8-7-10-5-3-4-6-11(10)9(2)12-8;/h3-7H,2H2,1H3;/q-1;+1. The minimum atomic E-state index is 0. The van der Waals surface area contributed by atoms with Crippen molar-refractivity contribution in [2.24, 2.45) is 0 Å². The van der Waals surface area contributed by atoms with Crippen molar-refractivity contribution in [2.75, 3.05) is 0 Å². The van der Waals surface area contributed by atoms with Crippen molar-refractivity contribution < 1.29 is 18.9 Å². The fourth-order valence-corrected chi connectivity index (χ4v) is 1.42. The SMILES string of the molecule is [CH2-]c1nc(C)cc2ccccc12.[Li+]. The summed E-state index contributed by atoms with van der Waals surface area (Å²) in [5.41, 5.74) is 1.89. The number of fused-ring (bicyclic) bond motifs is 1. The van der Waals surface area contributed by atoms with Crippen LogP contribution in [0.3, 0.4) is 0 Å². The van der Waals surface area contributed by atoms with Crippen LogP contribution in [0.15, 0.2) is 30.3 Å². The van der Waals surface area contributed by atoms with Gasteiger partial charge in [0.1, 0.15) is 0 Å². The molecule has 1 aromatic heterocycles. The van der Waals surface area contributed by atoms with Crippen molar-refractivity contribution in [3.63, 3.8) is 0 Å². The van der Waals surface area contributed by atoms with Crippen molar-refractivity contribution in [1.29, 1.82) is 0 Å². The molecule has 0 atom stereocenters. The molecule has 0 fully saturated rings. The third-order valence-electron chi connectivity index (χ3n) is 1.95. The number of aromatic nitrogens is 1. The molecule has 1 aromatic carbocycles. The smallest absolute Gasteiger partial charge is 0.292 e. The Labute approximate surface area is 90.4 Å². The molecular weight excluding hydrogens is 153 g/mol.